The van der Waals surface area contributed by atoms with Crippen LogP contribution in [0, 0.1) is 0 Å². The molecule has 0 radical (unpaired) electrons. The quantitative estimate of drug-likeness (QED) is 0.626. The van der Waals surface area contributed by atoms with Crippen molar-refractivity contribution in [2.45, 2.75) is 32.4 Å². The molecule has 2 heterocycles. The Morgan fingerprint density at radius 2 is 1.81 bits per heavy atom. The summed E-state index contributed by atoms with van der Waals surface area (Å²) in [4.78, 5) is 27.5. The summed E-state index contributed by atoms with van der Waals surface area (Å²) in [5.74, 6) is -0.433. The van der Waals surface area contributed by atoms with Crippen molar-refractivity contribution in [2.75, 3.05) is 0 Å². The first-order valence-electron chi connectivity index (χ1n) is 8.89. The highest BCUT2D eigenvalue weighted by Gasteiger charge is 2.23. The average molecular weight is 382 g/mol. The first-order chi connectivity index (χ1) is 13.2. The van der Waals surface area contributed by atoms with Gasteiger partial charge in [0.15, 0.2) is 5.76 Å². The SMILES string of the molecule is CCc1ccc(CNC(=O)C(Cc2ccccc2)NC(=O)c2ccco2)s1. The maximum absolute atomic E-state index is 12.8. The fourth-order valence-corrected chi connectivity index (χ4v) is 3.60. The van der Waals surface area contributed by atoms with Crippen LogP contribution in [-0.2, 0) is 24.2 Å². The van der Waals surface area contributed by atoms with Gasteiger partial charge in [0, 0.05) is 16.2 Å². The molecule has 1 unspecified atom stereocenters. The van der Waals surface area contributed by atoms with E-state index in [9.17, 15) is 9.59 Å². The average Bonchev–Trinajstić information content (AvgIpc) is 3.38. The number of furan rings is 1. The molecule has 27 heavy (non-hydrogen) atoms. The molecule has 0 spiro atoms. The van der Waals surface area contributed by atoms with Gasteiger partial charge in [-0.25, -0.2) is 0 Å². The zero-order valence-corrected chi connectivity index (χ0v) is 15.9. The molecule has 0 bridgehead atoms. The largest absolute Gasteiger partial charge is 0.459 e. The second-order valence-corrected chi connectivity index (χ2v) is 7.39. The van der Waals surface area contributed by atoms with Gasteiger partial charge in [0.2, 0.25) is 5.91 Å². The Bertz CT molecular complexity index is 872. The van der Waals surface area contributed by atoms with Crippen LogP contribution >= 0.6 is 11.3 Å². The topological polar surface area (TPSA) is 71.3 Å². The van der Waals surface area contributed by atoms with Crippen molar-refractivity contribution in [1.82, 2.24) is 10.6 Å². The van der Waals surface area contributed by atoms with Crippen LogP contribution in [0.25, 0.3) is 0 Å². The minimum atomic E-state index is -0.685. The minimum Gasteiger partial charge on any atom is -0.459 e. The van der Waals surface area contributed by atoms with Crippen LogP contribution in [0.5, 0.6) is 0 Å². The number of carbonyl (C=O) groups excluding carboxylic acids is 2. The summed E-state index contributed by atoms with van der Waals surface area (Å²) in [6, 6.07) is 16.3. The van der Waals surface area contributed by atoms with Crippen molar-refractivity contribution in [3.05, 3.63) is 81.9 Å². The normalized spacial score (nSPS) is 11.7. The molecule has 2 amide bonds. The summed E-state index contributed by atoms with van der Waals surface area (Å²) in [5.41, 5.74) is 0.974. The fraction of sp³-hybridized carbons (Fsp3) is 0.238. The molecule has 6 heteroatoms. The highest BCUT2D eigenvalue weighted by molar-refractivity contribution is 7.11. The van der Waals surface area contributed by atoms with Crippen molar-refractivity contribution in [3.63, 3.8) is 0 Å². The van der Waals surface area contributed by atoms with E-state index < -0.39 is 11.9 Å². The van der Waals surface area contributed by atoms with E-state index in [0.717, 1.165) is 16.9 Å². The number of thiophene rings is 1. The van der Waals surface area contributed by atoms with Crippen LogP contribution in [0.3, 0.4) is 0 Å². The molecule has 1 atom stereocenters. The Balaban J connectivity index is 1.67. The monoisotopic (exact) mass is 382 g/mol. The third-order valence-electron chi connectivity index (χ3n) is 4.15. The third kappa shape index (κ3) is 5.31. The predicted octanol–water partition coefficient (Wildman–Crippen LogP) is 3.56. The summed E-state index contributed by atoms with van der Waals surface area (Å²) in [6.45, 7) is 2.56. The number of rotatable bonds is 8. The van der Waals surface area contributed by atoms with E-state index in [1.165, 1.54) is 11.1 Å². The predicted molar refractivity (Wildman–Crippen MR) is 106 cm³/mol. The molecular weight excluding hydrogens is 360 g/mol. The number of nitrogens with one attached hydrogen (secondary N) is 2. The fourth-order valence-electron chi connectivity index (χ4n) is 2.70. The number of hydrogen-bond acceptors (Lipinski definition) is 4. The molecule has 0 aliphatic heterocycles. The first-order valence-corrected chi connectivity index (χ1v) is 9.71. The van der Waals surface area contributed by atoms with Crippen LogP contribution in [0.2, 0.25) is 0 Å². The maximum Gasteiger partial charge on any atom is 0.287 e. The molecule has 0 aliphatic carbocycles. The zero-order valence-electron chi connectivity index (χ0n) is 15.1. The van der Waals surface area contributed by atoms with Crippen LogP contribution in [-0.4, -0.2) is 17.9 Å². The van der Waals surface area contributed by atoms with Gasteiger partial charge in [-0.15, -0.1) is 11.3 Å². The first kappa shape index (κ1) is 18.9. The second-order valence-electron chi connectivity index (χ2n) is 6.13. The van der Waals surface area contributed by atoms with Gasteiger partial charge in [0.1, 0.15) is 6.04 Å². The van der Waals surface area contributed by atoms with E-state index in [4.69, 9.17) is 4.42 Å². The zero-order chi connectivity index (χ0) is 19.1. The summed E-state index contributed by atoms with van der Waals surface area (Å²) < 4.78 is 5.13. The van der Waals surface area contributed by atoms with E-state index in [0.29, 0.717) is 13.0 Å². The van der Waals surface area contributed by atoms with Crippen molar-refractivity contribution in [1.29, 1.82) is 0 Å². The van der Waals surface area contributed by atoms with Gasteiger partial charge in [0.05, 0.1) is 12.8 Å². The molecule has 0 saturated carbocycles. The van der Waals surface area contributed by atoms with E-state index in [2.05, 4.69) is 23.6 Å². The van der Waals surface area contributed by atoms with Gasteiger partial charge in [-0.05, 0) is 36.2 Å². The number of carbonyl (C=O) groups is 2. The van der Waals surface area contributed by atoms with E-state index >= 15 is 0 Å². The third-order valence-corrected chi connectivity index (χ3v) is 5.38. The van der Waals surface area contributed by atoms with Crippen LogP contribution in [0.1, 0.15) is 32.8 Å². The Morgan fingerprint density at radius 3 is 2.48 bits per heavy atom. The lowest BCUT2D eigenvalue weighted by Crippen LogP contribution is -2.47. The smallest absolute Gasteiger partial charge is 0.287 e. The van der Waals surface area contributed by atoms with Gasteiger partial charge >= 0.3 is 0 Å². The molecule has 2 aromatic heterocycles. The second kappa shape index (κ2) is 9.19. The van der Waals surface area contributed by atoms with Crippen molar-refractivity contribution < 1.29 is 14.0 Å². The van der Waals surface area contributed by atoms with Gasteiger partial charge in [-0.3, -0.25) is 9.59 Å². The summed E-state index contributed by atoms with van der Waals surface area (Å²) in [7, 11) is 0. The Morgan fingerprint density at radius 1 is 1.04 bits per heavy atom. The molecule has 0 aliphatic rings. The van der Waals surface area contributed by atoms with E-state index in [1.54, 1.807) is 23.5 Å². The number of aryl methyl sites for hydroxylation is 1. The highest BCUT2D eigenvalue weighted by Crippen LogP contribution is 2.16. The number of benzene rings is 1. The Kier molecular flexibility index (Phi) is 6.44. The van der Waals surface area contributed by atoms with Gasteiger partial charge in [0.25, 0.3) is 5.91 Å². The Hall–Kier alpha value is -2.86. The standard InChI is InChI=1S/C21H22N2O3S/c1-2-16-10-11-17(27-16)14-22-20(24)18(13-15-7-4-3-5-8-15)23-21(25)19-9-6-12-26-19/h3-12,18H,2,13-14H2,1H3,(H,22,24)(H,23,25). The van der Waals surface area contributed by atoms with Crippen LogP contribution in [0.15, 0.2) is 65.3 Å². The molecule has 0 saturated heterocycles. The van der Waals surface area contributed by atoms with Crippen LogP contribution in [0.4, 0.5) is 0 Å². The van der Waals surface area contributed by atoms with Crippen molar-refractivity contribution in [3.8, 4) is 0 Å². The van der Waals surface area contributed by atoms with Crippen LogP contribution < -0.4 is 10.6 Å². The highest BCUT2D eigenvalue weighted by atomic mass is 32.1. The lowest BCUT2D eigenvalue weighted by molar-refractivity contribution is -0.123. The number of hydrogen-bond donors (Lipinski definition) is 2. The molecule has 3 aromatic rings. The van der Waals surface area contributed by atoms with E-state index in [1.807, 2.05) is 36.4 Å². The molecule has 0 fully saturated rings. The molecular formula is C21H22N2O3S. The summed E-state index contributed by atoms with van der Waals surface area (Å²) in [6.07, 6.45) is 2.82. The van der Waals surface area contributed by atoms with Crippen molar-refractivity contribution >= 4 is 23.2 Å². The lowest BCUT2D eigenvalue weighted by atomic mass is 10.1. The Labute approximate surface area is 162 Å². The van der Waals surface area contributed by atoms with Gasteiger partial charge in [-0.2, -0.15) is 0 Å². The molecule has 2 N–H and O–H groups in total. The maximum atomic E-state index is 12.8. The number of amides is 2. The van der Waals surface area contributed by atoms with E-state index in [-0.39, 0.29) is 11.7 Å². The summed E-state index contributed by atoms with van der Waals surface area (Å²) >= 11 is 1.69. The minimum absolute atomic E-state index is 0.187. The van der Waals surface area contributed by atoms with Gasteiger partial charge in [-0.1, -0.05) is 37.3 Å². The van der Waals surface area contributed by atoms with Gasteiger partial charge < -0.3 is 15.1 Å². The molecule has 1 aromatic carbocycles. The van der Waals surface area contributed by atoms with Crippen molar-refractivity contribution in [2.24, 2.45) is 0 Å². The molecule has 5 nitrogen and oxygen atoms in total. The molecule has 140 valence electrons. The molecule has 3 rings (SSSR count). The summed E-state index contributed by atoms with van der Waals surface area (Å²) in [5, 5.41) is 5.71. The lowest BCUT2D eigenvalue weighted by Gasteiger charge is -2.18.